The van der Waals surface area contributed by atoms with E-state index in [4.69, 9.17) is 0 Å². The first-order valence-corrected chi connectivity index (χ1v) is 16.5. The second kappa shape index (κ2) is 15.8. The molecule has 9 nitrogen and oxygen atoms in total. The molecule has 3 N–H and O–H groups in total. The lowest BCUT2D eigenvalue weighted by Gasteiger charge is -2.16. The molecule has 5 aromatic rings. The summed E-state index contributed by atoms with van der Waals surface area (Å²) in [6.45, 7) is 2.02. The van der Waals surface area contributed by atoms with Crippen molar-refractivity contribution in [2.75, 3.05) is 16.4 Å². The molecule has 0 fully saturated rings. The summed E-state index contributed by atoms with van der Waals surface area (Å²) >= 11 is 4.05. The molecule has 1 unspecified atom stereocenters. The Morgan fingerprint density at radius 1 is 0.889 bits per heavy atom. The van der Waals surface area contributed by atoms with Gasteiger partial charge in [-0.3, -0.25) is 24.7 Å². The predicted molar refractivity (Wildman–Crippen MR) is 181 cm³/mol. The van der Waals surface area contributed by atoms with E-state index >= 15 is 0 Å². The first-order valence-electron chi connectivity index (χ1n) is 13.9. The number of anilines is 2. The maximum Gasteiger partial charge on any atom is 0.272 e. The highest BCUT2D eigenvalue weighted by molar-refractivity contribution is 8.00. The molecule has 2 heterocycles. The van der Waals surface area contributed by atoms with Crippen LogP contribution in [0.15, 0.2) is 125 Å². The fraction of sp³-hybridized carbons (Fsp3) is 0.0909. The Kier molecular flexibility index (Phi) is 11.1. The lowest BCUT2D eigenvalue weighted by Crippen LogP contribution is -2.30. The summed E-state index contributed by atoms with van der Waals surface area (Å²) in [6.07, 6.45) is 4.80. The largest absolute Gasteiger partial charge is 0.321 e. The summed E-state index contributed by atoms with van der Waals surface area (Å²) in [5.74, 6) is -0.283. The fourth-order valence-corrected chi connectivity index (χ4v) is 6.34. The van der Waals surface area contributed by atoms with Crippen molar-refractivity contribution in [1.29, 1.82) is 0 Å². The third kappa shape index (κ3) is 9.11. The van der Waals surface area contributed by atoms with Crippen LogP contribution in [0, 0.1) is 0 Å². The zero-order valence-electron chi connectivity index (χ0n) is 24.0. The standard InChI is InChI=1S/C33H28N6O3S3/c1-2-43-33-38-32(45-39-33)37-31(42)28(23-11-5-3-6-12-23)44-26-17-15-25(16-18-26)35-30(41)27(20-22-10-9-19-34-21-22)36-29(40)24-13-7-4-8-14-24/h3-21,28H,2H2,1H3,(H,35,41)(H,36,40)(H,37,38,39,42)/b27-20-. The van der Waals surface area contributed by atoms with Crippen LogP contribution in [-0.2, 0) is 9.59 Å². The van der Waals surface area contributed by atoms with Gasteiger partial charge in [0.05, 0.1) is 0 Å². The van der Waals surface area contributed by atoms with E-state index in [0.717, 1.165) is 27.7 Å². The number of carbonyl (C=O) groups is 3. The molecule has 0 spiro atoms. The van der Waals surface area contributed by atoms with E-state index in [9.17, 15) is 14.4 Å². The second-order valence-electron chi connectivity index (χ2n) is 9.36. The van der Waals surface area contributed by atoms with Gasteiger partial charge >= 0.3 is 0 Å². The number of rotatable bonds is 12. The van der Waals surface area contributed by atoms with Gasteiger partial charge in [0, 0.05) is 40.1 Å². The van der Waals surface area contributed by atoms with Gasteiger partial charge in [-0.25, -0.2) is 0 Å². The summed E-state index contributed by atoms with van der Waals surface area (Å²) in [5, 5.41) is 9.01. The van der Waals surface area contributed by atoms with Crippen molar-refractivity contribution in [3.05, 3.63) is 132 Å². The summed E-state index contributed by atoms with van der Waals surface area (Å²) in [6, 6.07) is 28.9. The molecule has 3 amide bonds. The van der Waals surface area contributed by atoms with Gasteiger partial charge < -0.3 is 10.6 Å². The van der Waals surface area contributed by atoms with Crippen LogP contribution in [0.25, 0.3) is 6.08 Å². The molecule has 1 atom stereocenters. The smallest absolute Gasteiger partial charge is 0.272 e. The van der Waals surface area contributed by atoms with Gasteiger partial charge in [0.25, 0.3) is 11.8 Å². The molecular formula is C33H28N6O3S3. The Balaban J connectivity index is 1.30. The van der Waals surface area contributed by atoms with E-state index in [1.54, 1.807) is 67.0 Å². The summed E-state index contributed by atoms with van der Waals surface area (Å²) in [4.78, 5) is 48.9. The zero-order chi connectivity index (χ0) is 31.4. The van der Waals surface area contributed by atoms with Crippen LogP contribution in [0.4, 0.5) is 10.8 Å². The Bertz CT molecular complexity index is 1770. The van der Waals surface area contributed by atoms with Gasteiger partial charge in [0.1, 0.15) is 10.9 Å². The maximum absolute atomic E-state index is 13.4. The molecule has 5 rings (SSSR count). The normalized spacial score (nSPS) is 11.8. The van der Waals surface area contributed by atoms with Gasteiger partial charge in [0.2, 0.25) is 16.2 Å². The summed E-state index contributed by atoms with van der Waals surface area (Å²) < 4.78 is 4.28. The van der Waals surface area contributed by atoms with E-state index in [0.29, 0.717) is 27.1 Å². The average Bonchev–Trinajstić information content (AvgIpc) is 3.52. The molecule has 3 aromatic carbocycles. The van der Waals surface area contributed by atoms with Crippen LogP contribution in [0.1, 0.15) is 33.7 Å². The van der Waals surface area contributed by atoms with Gasteiger partial charge in [-0.15, -0.1) is 11.8 Å². The third-order valence-electron chi connectivity index (χ3n) is 6.14. The van der Waals surface area contributed by atoms with Crippen molar-refractivity contribution < 1.29 is 14.4 Å². The Hall–Kier alpha value is -4.78. The number of pyridine rings is 1. The monoisotopic (exact) mass is 652 g/mol. The topological polar surface area (TPSA) is 126 Å². The SMILES string of the molecule is CCSc1nsc(NC(=O)C(Sc2ccc(NC(=O)/C(=C/c3cccnc3)NC(=O)c3ccccc3)cc2)c2ccccc2)n1. The summed E-state index contributed by atoms with van der Waals surface area (Å²) in [5.41, 5.74) is 2.50. The van der Waals surface area contributed by atoms with Gasteiger partial charge in [0.15, 0.2) is 0 Å². The minimum Gasteiger partial charge on any atom is -0.321 e. The van der Waals surface area contributed by atoms with Crippen molar-refractivity contribution in [1.82, 2.24) is 19.7 Å². The van der Waals surface area contributed by atoms with E-state index in [-0.39, 0.29) is 11.6 Å². The molecule has 0 saturated heterocycles. The Morgan fingerprint density at radius 2 is 1.62 bits per heavy atom. The summed E-state index contributed by atoms with van der Waals surface area (Å²) in [7, 11) is 0. The predicted octanol–water partition coefficient (Wildman–Crippen LogP) is 6.93. The van der Waals surface area contributed by atoms with Crippen molar-refractivity contribution in [3.8, 4) is 0 Å². The number of nitrogens with one attached hydrogen (secondary N) is 3. The minimum absolute atomic E-state index is 0.0632. The van der Waals surface area contributed by atoms with Crippen LogP contribution in [0.3, 0.4) is 0 Å². The Labute approximate surface area is 273 Å². The molecule has 45 heavy (non-hydrogen) atoms. The van der Waals surface area contributed by atoms with Crippen LogP contribution in [-0.4, -0.2) is 37.8 Å². The molecule has 0 aliphatic rings. The van der Waals surface area contributed by atoms with Gasteiger partial charge in [-0.05, 0) is 65.4 Å². The lowest BCUT2D eigenvalue weighted by molar-refractivity contribution is -0.116. The van der Waals surface area contributed by atoms with Crippen molar-refractivity contribution >= 4 is 69.7 Å². The van der Waals surface area contributed by atoms with Gasteiger partial charge in [-0.1, -0.05) is 73.3 Å². The lowest BCUT2D eigenvalue weighted by atomic mass is 10.1. The molecule has 0 radical (unpaired) electrons. The molecule has 2 aromatic heterocycles. The van der Waals surface area contributed by atoms with Crippen LogP contribution in [0.5, 0.6) is 0 Å². The van der Waals surface area contributed by atoms with Gasteiger partial charge in [-0.2, -0.15) is 9.36 Å². The van der Waals surface area contributed by atoms with Crippen molar-refractivity contribution in [2.45, 2.75) is 22.2 Å². The van der Waals surface area contributed by atoms with Crippen LogP contribution >= 0.6 is 35.1 Å². The number of benzene rings is 3. The van der Waals surface area contributed by atoms with Crippen LogP contribution < -0.4 is 16.0 Å². The maximum atomic E-state index is 13.4. The molecule has 0 aliphatic carbocycles. The molecule has 12 heteroatoms. The fourth-order valence-electron chi connectivity index (χ4n) is 4.04. The van der Waals surface area contributed by atoms with E-state index in [1.807, 2.05) is 55.5 Å². The quantitative estimate of drug-likeness (QED) is 0.0979. The number of carbonyl (C=O) groups excluding carboxylic acids is 3. The number of amides is 3. The zero-order valence-corrected chi connectivity index (χ0v) is 26.5. The third-order valence-corrected chi connectivity index (χ3v) is 8.88. The molecule has 0 bridgehead atoms. The average molecular weight is 653 g/mol. The van der Waals surface area contributed by atoms with E-state index in [2.05, 4.69) is 30.3 Å². The van der Waals surface area contributed by atoms with Crippen molar-refractivity contribution in [3.63, 3.8) is 0 Å². The van der Waals surface area contributed by atoms with Crippen molar-refractivity contribution in [2.24, 2.45) is 0 Å². The molecule has 0 aliphatic heterocycles. The highest BCUT2D eigenvalue weighted by Gasteiger charge is 2.24. The van der Waals surface area contributed by atoms with E-state index in [1.165, 1.54) is 23.5 Å². The second-order valence-corrected chi connectivity index (χ2v) is 12.5. The molecule has 226 valence electrons. The number of hydrogen-bond acceptors (Lipinski definition) is 9. The first-order chi connectivity index (χ1) is 22.0. The number of aromatic nitrogens is 3. The first kappa shape index (κ1) is 31.6. The molecule has 0 saturated carbocycles. The molecular weight excluding hydrogens is 625 g/mol. The highest BCUT2D eigenvalue weighted by atomic mass is 32.2. The number of hydrogen-bond donors (Lipinski definition) is 3. The number of nitrogens with zero attached hydrogens (tertiary/aromatic N) is 3. The number of thioether (sulfide) groups is 2. The minimum atomic E-state index is -0.556. The van der Waals surface area contributed by atoms with Crippen LogP contribution in [0.2, 0.25) is 0 Å². The Morgan fingerprint density at radius 3 is 2.31 bits per heavy atom. The highest BCUT2D eigenvalue weighted by Crippen LogP contribution is 2.37. The van der Waals surface area contributed by atoms with E-state index < -0.39 is 17.1 Å².